The van der Waals surface area contributed by atoms with Gasteiger partial charge in [-0.1, -0.05) is 51.1 Å². The van der Waals surface area contributed by atoms with Crippen LogP contribution < -0.4 is 5.56 Å². The van der Waals surface area contributed by atoms with Crippen molar-refractivity contribution < 1.29 is 0 Å². The molecule has 0 saturated heterocycles. The largest absolute Gasteiger partial charge is 0.323 e. The van der Waals surface area contributed by atoms with Crippen molar-refractivity contribution in [1.29, 1.82) is 0 Å². The average Bonchev–Trinajstić information content (AvgIpc) is 2.96. The summed E-state index contributed by atoms with van der Waals surface area (Å²) in [5, 5.41) is 0.863. The quantitative estimate of drug-likeness (QED) is 0.607. The fraction of sp³-hybridized carbons (Fsp3) is 0.429. The van der Waals surface area contributed by atoms with Gasteiger partial charge in [-0.2, -0.15) is 0 Å². The molecule has 0 amide bonds. The van der Waals surface area contributed by atoms with Crippen LogP contribution in [0.4, 0.5) is 0 Å². The molecule has 0 radical (unpaired) electrons. The lowest BCUT2D eigenvalue weighted by Crippen LogP contribution is -2.27. The third-order valence-corrected chi connectivity index (χ3v) is 7.09. The number of fused-ring (bicyclic) bond motifs is 3. The number of thiophene rings is 1. The first-order valence-electron chi connectivity index (χ1n) is 9.16. The molecule has 1 aliphatic carbocycles. The molecule has 136 valence electrons. The number of aromatic nitrogens is 2. The van der Waals surface area contributed by atoms with Crippen LogP contribution in [-0.4, -0.2) is 9.55 Å². The van der Waals surface area contributed by atoms with E-state index in [0.29, 0.717) is 22.6 Å². The van der Waals surface area contributed by atoms with Gasteiger partial charge in [0.1, 0.15) is 4.83 Å². The Balaban J connectivity index is 1.81. The lowest BCUT2D eigenvalue weighted by Gasteiger charge is -2.33. The molecule has 5 heteroatoms. The van der Waals surface area contributed by atoms with Crippen molar-refractivity contribution in [3.8, 4) is 0 Å². The van der Waals surface area contributed by atoms with E-state index in [0.717, 1.165) is 35.0 Å². The molecule has 4 rings (SSSR count). The Hall–Kier alpha value is -1.72. The Morgan fingerprint density at radius 3 is 2.69 bits per heavy atom. The van der Waals surface area contributed by atoms with E-state index in [1.54, 1.807) is 15.9 Å². The lowest BCUT2D eigenvalue weighted by molar-refractivity contribution is 0.218. The molecule has 0 spiro atoms. The Bertz CT molecular complexity index is 1070. The van der Waals surface area contributed by atoms with E-state index in [9.17, 15) is 4.79 Å². The number of H-pyrrole nitrogens is 1. The van der Waals surface area contributed by atoms with Gasteiger partial charge >= 0.3 is 0 Å². The maximum atomic E-state index is 13.2. The van der Waals surface area contributed by atoms with E-state index in [4.69, 9.17) is 12.2 Å². The van der Waals surface area contributed by atoms with Gasteiger partial charge in [-0.25, -0.2) is 0 Å². The number of benzene rings is 1. The zero-order valence-electron chi connectivity index (χ0n) is 15.5. The highest BCUT2D eigenvalue weighted by molar-refractivity contribution is 7.71. The summed E-state index contributed by atoms with van der Waals surface area (Å²) in [5.74, 6) is 0.664. The highest BCUT2D eigenvalue weighted by Crippen LogP contribution is 2.41. The van der Waals surface area contributed by atoms with E-state index in [2.05, 4.69) is 25.8 Å². The Morgan fingerprint density at radius 2 is 2.00 bits per heavy atom. The molecule has 0 fully saturated rings. The predicted octanol–water partition coefficient (Wildman–Crippen LogP) is 5.32. The summed E-state index contributed by atoms with van der Waals surface area (Å²) in [6, 6.07) is 10.0. The fourth-order valence-electron chi connectivity index (χ4n) is 3.94. The lowest BCUT2D eigenvalue weighted by atomic mass is 9.72. The molecule has 0 saturated carbocycles. The second-order valence-corrected chi connectivity index (χ2v) is 9.81. The molecule has 1 atom stereocenters. The molecular weight excluding hydrogens is 360 g/mol. The molecule has 0 unspecified atom stereocenters. The van der Waals surface area contributed by atoms with Crippen LogP contribution in [0.25, 0.3) is 10.2 Å². The predicted molar refractivity (Wildman–Crippen MR) is 112 cm³/mol. The number of rotatable bonds is 2. The normalized spacial score (nSPS) is 17.4. The summed E-state index contributed by atoms with van der Waals surface area (Å²) in [7, 11) is 0. The molecular formula is C21H24N2OS2. The van der Waals surface area contributed by atoms with Crippen LogP contribution in [0.2, 0.25) is 0 Å². The van der Waals surface area contributed by atoms with Crippen molar-refractivity contribution in [1.82, 2.24) is 9.55 Å². The Kier molecular flexibility index (Phi) is 4.40. The first-order valence-corrected chi connectivity index (χ1v) is 10.4. The van der Waals surface area contributed by atoms with Crippen molar-refractivity contribution in [3.63, 3.8) is 0 Å². The minimum absolute atomic E-state index is 0.0549. The second kappa shape index (κ2) is 6.46. The van der Waals surface area contributed by atoms with Gasteiger partial charge in [-0.15, -0.1) is 11.3 Å². The minimum Gasteiger partial charge on any atom is -0.323 e. The van der Waals surface area contributed by atoms with Gasteiger partial charge in [-0.3, -0.25) is 9.36 Å². The van der Waals surface area contributed by atoms with Gasteiger partial charge in [0.05, 0.1) is 11.9 Å². The zero-order chi connectivity index (χ0) is 18.5. The highest BCUT2D eigenvalue weighted by atomic mass is 32.1. The maximum absolute atomic E-state index is 13.2. The van der Waals surface area contributed by atoms with Crippen LogP contribution in [0.5, 0.6) is 0 Å². The summed E-state index contributed by atoms with van der Waals surface area (Å²) in [5.41, 5.74) is 2.70. The van der Waals surface area contributed by atoms with Crippen LogP contribution >= 0.6 is 23.6 Å². The molecule has 3 nitrogen and oxygen atoms in total. The van der Waals surface area contributed by atoms with Gasteiger partial charge < -0.3 is 4.98 Å². The van der Waals surface area contributed by atoms with Crippen LogP contribution in [0.15, 0.2) is 35.1 Å². The topological polar surface area (TPSA) is 37.8 Å². The van der Waals surface area contributed by atoms with Crippen molar-refractivity contribution in [3.05, 3.63) is 61.5 Å². The SMILES string of the molecule is CC(C)(C)[C@H]1CCc2c(sc3[nH]c(=S)n(Cc4ccccc4)c(=O)c23)C1. The summed E-state index contributed by atoms with van der Waals surface area (Å²) >= 11 is 7.23. The number of aryl methyl sites for hydroxylation is 1. The molecule has 0 bridgehead atoms. The molecule has 1 aliphatic rings. The summed E-state index contributed by atoms with van der Waals surface area (Å²) in [6.45, 7) is 7.46. The Labute approximate surface area is 162 Å². The number of nitrogens with one attached hydrogen (secondary N) is 1. The zero-order valence-corrected chi connectivity index (χ0v) is 17.1. The van der Waals surface area contributed by atoms with E-state index < -0.39 is 0 Å². The molecule has 2 aromatic heterocycles. The van der Waals surface area contributed by atoms with Crippen LogP contribution in [-0.2, 0) is 19.4 Å². The number of aromatic amines is 1. The third kappa shape index (κ3) is 3.08. The van der Waals surface area contributed by atoms with Gasteiger partial charge in [0.15, 0.2) is 4.77 Å². The van der Waals surface area contributed by atoms with E-state index >= 15 is 0 Å². The van der Waals surface area contributed by atoms with Crippen LogP contribution in [0.3, 0.4) is 0 Å². The smallest absolute Gasteiger partial charge is 0.263 e. The highest BCUT2D eigenvalue weighted by Gasteiger charge is 2.31. The second-order valence-electron chi connectivity index (χ2n) is 8.32. The number of hydrogen-bond donors (Lipinski definition) is 1. The molecule has 3 aromatic rings. The van der Waals surface area contributed by atoms with Crippen LogP contribution in [0.1, 0.15) is 43.2 Å². The van der Waals surface area contributed by atoms with Crippen molar-refractivity contribution in [2.24, 2.45) is 11.3 Å². The standard InChI is InChI=1S/C21H24N2OS2/c1-21(2,3)14-9-10-15-16(11-14)26-18-17(15)19(24)23(20(25)22-18)12-13-7-5-4-6-8-13/h4-8,14H,9-12H2,1-3H3,(H,22,25)/t14-/m0/s1. The molecule has 2 heterocycles. The minimum atomic E-state index is 0.0549. The van der Waals surface area contributed by atoms with Crippen LogP contribution in [0, 0.1) is 16.1 Å². The Morgan fingerprint density at radius 1 is 1.27 bits per heavy atom. The van der Waals surface area contributed by atoms with Gasteiger partial charge in [0, 0.05) is 4.88 Å². The third-order valence-electron chi connectivity index (χ3n) is 5.60. The maximum Gasteiger partial charge on any atom is 0.263 e. The number of nitrogens with zero attached hydrogens (tertiary/aromatic N) is 1. The first kappa shape index (κ1) is 17.7. The molecule has 0 aliphatic heterocycles. The fourth-order valence-corrected chi connectivity index (χ4v) is 5.57. The van der Waals surface area contributed by atoms with E-state index in [-0.39, 0.29) is 5.56 Å². The molecule has 1 aromatic carbocycles. The van der Waals surface area contributed by atoms with Crippen molar-refractivity contribution >= 4 is 33.8 Å². The number of hydrogen-bond acceptors (Lipinski definition) is 3. The van der Waals surface area contributed by atoms with Gasteiger partial charge in [0.25, 0.3) is 5.56 Å². The van der Waals surface area contributed by atoms with Gasteiger partial charge in [0.2, 0.25) is 0 Å². The monoisotopic (exact) mass is 384 g/mol. The first-order chi connectivity index (χ1) is 12.3. The molecule has 1 N–H and O–H groups in total. The average molecular weight is 385 g/mol. The van der Waals surface area contributed by atoms with E-state index in [1.165, 1.54) is 10.4 Å². The summed E-state index contributed by atoms with van der Waals surface area (Å²) < 4.78 is 2.22. The van der Waals surface area contributed by atoms with Gasteiger partial charge in [-0.05, 0) is 53.9 Å². The van der Waals surface area contributed by atoms with Crippen molar-refractivity contribution in [2.45, 2.75) is 46.6 Å². The molecule has 26 heavy (non-hydrogen) atoms. The van der Waals surface area contributed by atoms with Crippen molar-refractivity contribution in [2.75, 3.05) is 0 Å². The summed E-state index contributed by atoms with van der Waals surface area (Å²) in [4.78, 5) is 18.9. The van der Waals surface area contributed by atoms with E-state index in [1.807, 2.05) is 30.3 Å². The summed E-state index contributed by atoms with van der Waals surface area (Å²) in [6.07, 6.45) is 3.20.